The van der Waals surface area contributed by atoms with E-state index >= 15 is 0 Å². The summed E-state index contributed by atoms with van der Waals surface area (Å²) in [5, 5.41) is 0.589. The first kappa shape index (κ1) is 18.7. The normalized spacial score (nSPS) is 20.9. The van der Waals surface area contributed by atoms with Gasteiger partial charge in [0, 0.05) is 6.42 Å². The molecule has 0 saturated heterocycles. The standard InChI is InChI=1S/C21H23F3O2/c1-2-14-4-8-17(9-5-14)26-19-10-7-16-6-3-15(11-12-25)13-18(16)20(19)21(22,23)24/h3,6-7,10,12-14,17H,2,4-5,8-9,11H2,1H3/t14-,17+. The Morgan fingerprint density at radius 2 is 1.81 bits per heavy atom. The molecule has 0 aromatic heterocycles. The average molecular weight is 364 g/mol. The topological polar surface area (TPSA) is 26.3 Å². The highest BCUT2D eigenvalue weighted by Crippen LogP contribution is 2.43. The Balaban J connectivity index is 1.97. The molecule has 2 aromatic carbocycles. The molecule has 0 amide bonds. The predicted octanol–water partition coefficient (Wildman–Crippen LogP) is 5.95. The Morgan fingerprint density at radius 3 is 2.42 bits per heavy atom. The van der Waals surface area contributed by atoms with Crippen molar-refractivity contribution in [2.24, 2.45) is 5.92 Å². The molecule has 0 spiro atoms. The molecule has 1 fully saturated rings. The molecule has 2 nitrogen and oxygen atoms in total. The molecule has 1 aliphatic rings. The number of hydrogen-bond acceptors (Lipinski definition) is 2. The van der Waals surface area contributed by atoms with Gasteiger partial charge in [0.25, 0.3) is 0 Å². The van der Waals surface area contributed by atoms with Crippen molar-refractivity contribution >= 4 is 17.1 Å². The molecular formula is C21H23F3O2. The third-order valence-electron chi connectivity index (χ3n) is 5.31. The van der Waals surface area contributed by atoms with Crippen LogP contribution >= 0.6 is 0 Å². The summed E-state index contributed by atoms with van der Waals surface area (Å²) in [4.78, 5) is 10.7. The summed E-state index contributed by atoms with van der Waals surface area (Å²) in [5.41, 5.74) is -0.168. The maximum absolute atomic E-state index is 13.8. The molecule has 0 heterocycles. The zero-order valence-electron chi connectivity index (χ0n) is 14.8. The van der Waals surface area contributed by atoms with E-state index in [0.29, 0.717) is 23.2 Å². The van der Waals surface area contributed by atoms with Crippen LogP contribution in [0.15, 0.2) is 30.3 Å². The number of alkyl halides is 3. The number of benzene rings is 2. The fourth-order valence-corrected chi connectivity index (χ4v) is 3.80. The first-order valence-electron chi connectivity index (χ1n) is 9.15. The van der Waals surface area contributed by atoms with E-state index in [4.69, 9.17) is 4.74 Å². The zero-order valence-corrected chi connectivity index (χ0v) is 14.8. The molecule has 0 aliphatic heterocycles. The van der Waals surface area contributed by atoms with Gasteiger partial charge in [-0.1, -0.05) is 31.5 Å². The van der Waals surface area contributed by atoms with Crippen molar-refractivity contribution in [3.8, 4) is 5.75 Å². The second-order valence-electron chi connectivity index (χ2n) is 7.03. The van der Waals surface area contributed by atoms with Crippen LogP contribution in [-0.2, 0) is 17.4 Å². The fourth-order valence-electron chi connectivity index (χ4n) is 3.80. The molecule has 1 saturated carbocycles. The Labute approximate surface area is 151 Å². The monoisotopic (exact) mass is 364 g/mol. The number of ether oxygens (including phenoxy) is 1. The summed E-state index contributed by atoms with van der Waals surface area (Å²) >= 11 is 0. The third-order valence-corrected chi connectivity index (χ3v) is 5.31. The number of rotatable bonds is 5. The molecule has 0 atom stereocenters. The Morgan fingerprint density at radius 1 is 1.12 bits per heavy atom. The molecule has 0 radical (unpaired) electrons. The molecule has 140 valence electrons. The second-order valence-corrected chi connectivity index (χ2v) is 7.03. The largest absolute Gasteiger partial charge is 0.490 e. The Kier molecular flexibility index (Phi) is 5.54. The molecule has 0 bridgehead atoms. The SMILES string of the molecule is CC[C@H]1CC[C@@H](Oc2ccc3ccc(CC=O)cc3c2C(F)(F)F)CC1. The lowest BCUT2D eigenvalue weighted by atomic mass is 9.86. The van der Waals surface area contributed by atoms with E-state index in [1.807, 2.05) is 0 Å². The lowest BCUT2D eigenvalue weighted by Crippen LogP contribution is -2.25. The second kappa shape index (κ2) is 7.68. The molecule has 0 unspecified atom stereocenters. The van der Waals surface area contributed by atoms with E-state index in [1.165, 1.54) is 12.1 Å². The maximum Gasteiger partial charge on any atom is 0.420 e. The molecule has 5 heteroatoms. The summed E-state index contributed by atoms with van der Waals surface area (Å²) in [7, 11) is 0. The summed E-state index contributed by atoms with van der Waals surface area (Å²) < 4.78 is 47.3. The lowest BCUT2D eigenvalue weighted by molar-refractivity contribution is -0.138. The smallest absolute Gasteiger partial charge is 0.420 e. The predicted molar refractivity (Wildman–Crippen MR) is 95.4 cm³/mol. The van der Waals surface area contributed by atoms with Gasteiger partial charge in [-0.25, -0.2) is 0 Å². The maximum atomic E-state index is 13.8. The number of hydrogen-bond donors (Lipinski definition) is 0. The van der Waals surface area contributed by atoms with Crippen LogP contribution in [0.4, 0.5) is 13.2 Å². The van der Waals surface area contributed by atoms with Crippen molar-refractivity contribution in [2.75, 3.05) is 0 Å². The summed E-state index contributed by atoms with van der Waals surface area (Å²) in [6.45, 7) is 2.15. The number of carbonyl (C=O) groups excluding carboxylic acids is 1. The molecular weight excluding hydrogens is 341 g/mol. The highest BCUT2D eigenvalue weighted by atomic mass is 19.4. The first-order valence-corrected chi connectivity index (χ1v) is 9.15. The third kappa shape index (κ3) is 4.02. The first-order chi connectivity index (χ1) is 12.4. The quantitative estimate of drug-likeness (QED) is 0.613. The minimum absolute atomic E-state index is 0.0941. The van der Waals surface area contributed by atoms with E-state index in [-0.39, 0.29) is 23.7 Å². The van der Waals surface area contributed by atoms with Crippen LogP contribution in [-0.4, -0.2) is 12.4 Å². The van der Waals surface area contributed by atoms with Gasteiger partial charge < -0.3 is 9.53 Å². The van der Waals surface area contributed by atoms with Crippen molar-refractivity contribution in [3.63, 3.8) is 0 Å². The van der Waals surface area contributed by atoms with E-state index < -0.39 is 11.7 Å². The van der Waals surface area contributed by atoms with Crippen LogP contribution in [0.25, 0.3) is 10.8 Å². The highest BCUT2D eigenvalue weighted by Gasteiger charge is 2.37. The van der Waals surface area contributed by atoms with Crippen molar-refractivity contribution < 1.29 is 22.7 Å². The van der Waals surface area contributed by atoms with Crippen LogP contribution in [0.5, 0.6) is 5.75 Å². The minimum atomic E-state index is -4.52. The van der Waals surface area contributed by atoms with Gasteiger partial charge >= 0.3 is 6.18 Å². The Hall–Kier alpha value is -2.04. The van der Waals surface area contributed by atoms with Gasteiger partial charge in [0.2, 0.25) is 0 Å². The van der Waals surface area contributed by atoms with E-state index in [2.05, 4.69) is 6.92 Å². The number of aldehydes is 1. The summed E-state index contributed by atoms with van der Waals surface area (Å²) in [5.74, 6) is 0.549. The van der Waals surface area contributed by atoms with E-state index in [1.54, 1.807) is 18.2 Å². The van der Waals surface area contributed by atoms with Gasteiger partial charge in [0.05, 0.1) is 6.10 Å². The van der Waals surface area contributed by atoms with Crippen LogP contribution in [0.1, 0.15) is 50.2 Å². The Bertz CT molecular complexity index is 775. The average Bonchev–Trinajstić information content (AvgIpc) is 2.61. The van der Waals surface area contributed by atoms with Crippen molar-refractivity contribution in [3.05, 3.63) is 41.5 Å². The molecule has 2 aromatic rings. The van der Waals surface area contributed by atoms with E-state index in [9.17, 15) is 18.0 Å². The van der Waals surface area contributed by atoms with Crippen LogP contribution < -0.4 is 4.74 Å². The minimum Gasteiger partial charge on any atom is -0.490 e. The van der Waals surface area contributed by atoms with Crippen molar-refractivity contribution in [1.29, 1.82) is 0 Å². The van der Waals surface area contributed by atoms with Gasteiger partial charge in [-0.2, -0.15) is 13.2 Å². The molecule has 0 N–H and O–H groups in total. The van der Waals surface area contributed by atoms with Gasteiger partial charge in [-0.15, -0.1) is 0 Å². The molecule has 1 aliphatic carbocycles. The van der Waals surface area contributed by atoms with Gasteiger partial charge in [0.15, 0.2) is 0 Å². The molecule has 26 heavy (non-hydrogen) atoms. The number of fused-ring (bicyclic) bond motifs is 1. The van der Waals surface area contributed by atoms with Gasteiger partial charge in [-0.3, -0.25) is 0 Å². The van der Waals surface area contributed by atoms with Crippen LogP contribution in [0.2, 0.25) is 0 Å². The van der Waals surface area contributed by atoms with Crippen LogP contribution in [0, 0.1) is 5.92 Å². The fraction of sp³-hybridized carbons (Fsp3) is 0.476. The van der Waals surface area contributed by atoms with E-state index in [0.717, 1.165) is 32.1 Å². The molecule has 3 rings (SSSR count). The van der Waals surface area contributed by atoms with Gasteiger partial charge in [0.1, 0.15) is 17.6 Å². The zero-order chi connectivity index (χ0) is 18.7. The van der Waals surface area contributed by atoms with Crippen LogP contribution in [0.3, 0.4) is 0 Å². The number of halogens is 3. The summed E-state index contributed by atoms with van der Waals surface area (Å²) in [6.07, 6.45) is 0.789. The van der Waals surface area contributed by atoms with Crippen molar-refractivity contribution in [2.45, 2.75) is 57.7 Å². The summed E-state index contributed by atoms with van der Waals surface area (Å²) in [6, 6.07) is 7.84. The van der Waals surface area contributed by atoms with Crippen molar-refractivity contribution in [1.82, 2.24) is 0 Å². The lowest BCUT2D eigenvalue weighted by Gasteiger charge is -2.29. The highest BCUT2D eigenvalue weighted by molar-refractivity contribution is 5.89. The van der Waals surface area contributed by atoms with Gasteiger partial charge in [-0.05, 0) is 60.1 Å². The number of carbonyl (C=O) groups is 1.